The van der Waals surface area contributed by atoms with Gasteiger partial charge in [0.15, 0.2) is 12.2 Å². The Morgan fingerprint density at radius 2 is 0.979 bits per heavy atom. The predicted molar refractivity (Wildman–Crippen MR) is 187 cm³/mol. The van der Waals surface area contributed by atoms with E-state index < -0.39 is 35.2 Å². The lowest BCUT2D eigenvalue weighted by atomic mass is 9.59. The summed E-state index contributed by atoms with van der Waals surface area (Å²) in [5, 5.41) is 0. The summed E-state index contributed by atoms with van der Waals surface area (Å²) in [6.07, 6.45) is -1.95. The number of benzene rings is 4. The Morgan fingerprint density at radius 1 is 0.574 bits per heavy atom. The van der Waals surface area contributed by atoms with Gasteiger partial charge in [0.05, 0.1) is 16.5 Å². The summed E-state index contributed by atoms with van der Waals surface area (Å²) in [5.74, 6) is -1.01. The number of fused-ring (bicyclic) bond motifs is 1. The molecule has 0 aromatic heterocycles. The van der Waals surface area contributed by atoms with Gasteiger partial charge in [-0.2, -0.15) is 0 Å². The summed E-state index contributed by atoms with van der Waals surface area (Å²) >= 11 is 0. The normalized spacial score (nSPS) is 22.7. The van der Waals surface area contributed by atoms with Crippen molar-refractivity contribution in [2.24, 2.45) is 0 Å². The van der Waals surface area contributed by atoms with E-state index in [4.69, 9.17) is 14.2 Å². The Bertz CT molecular complexity index is 1760. The molecule has 5 nitrogen and oxygen atoms in total. The molecule has 0 saturated heterocycles. The summed E-state index contributed by atoms with van der Waals surface area (Å²) in [5.41, 5.74) is 4.71. The molecule has 2 unspecified atom stereocenters. The monoisotopic (exact) mass is 632 g/mol. The average molecular weight is 633 g/mol. The maximum atomic E-state index is 14.1. The lowest BCUT2D eigenvalue weighted by molar-refractivity contribution is -0.167. The Labute approximate surface area is 280 Å². The number of aryl methyl sites for hydroxylation is 1. The molecule has 0 fully saturated rings. The van der Waals surface area contributed by atoms with Crippen molar-refractivity contribution < 1.29 is 23.8 Å². The highest BCUT2D eigenvalue weighted by atomic mass is 16.6. The van der Waals surface area contributed by atoms with Crippen molar-refractivity contribution in [3.05, 3.63) is 142 Å². The standard InChI is InChI=1S/C42H48O5/c1-27-15-11-12-16-32(27)41(8)33-17-13-14-18-34(33)42(9,45-10)36(47-38(44)29-21-25-31(26-22-29)40(5,6)7)35(41)46-37(43)28-19-23-30(24-20-28)39(2,3)4/h11-26,35-36H,1-10H3/t35?,36?,41-,42-/m1/s1. The van der Waals surface area contributed by atoms with Crippen molar-refractivity contribution in [1.29, 1.82) is 0 Å². The number of hydrogen-bond acceptors (Lipinski definition) is 5. The molecule has 246 valence electrons. The lowest BCUT2D eigenvalue weighted by Gasteiger charge is -2.53. The Morgan fingerprint density at radius 3 is 1.40 bits per heavy atom. The topological polar surface area (TPSA) is 61.8 Å². The van der Waals surface area contributed by atoms with Gasteiger partial charge >= 0.3 is 11.9 Å². The van der Waals surface area contributed by atoms with Crippen LogP contribution in [0.2, 0.25) is 0 Å². The summed E-state index contributed by atoms with van der Waals surface area (Å²) in [6.45, 7) is 18.8. The first-order valence-corrected chi connectivity index (χ1v) is 16.4. The molecule has 5 heteroatoms. The van der Waals surface area contributed by atoms with Crippen molar-refractivity contribution in [2.45, 2.75) is 96.4 Å². The second-order valence-corrected chi connectivity index (χ2v) is 15.2. The van der Waals surface area contributed by atoms with Gasteiger partial charge in [0.1, 0.15) is 5.60 Å². The largest absolute Gasteiger partial charge is 0.453 e. The zero-order valence-electron chi connectivity index (χ0n) is 29.4. The molecule has 0 radical (unpaired) electrons. The maximum Gasteiger partial charge on any atom is 0.338 e. The molecule has 1 aliphatic carbocycles. The van der Waals surface area contributed by atoms with Gasteiger partial charge in [-0.25, -0.2) is 9.59 Å². The van der Waals surface area contributed by atoms with Crippen LogP contribution in [0.4, 0.5) is 0 Å². The molecule has 47 heavy (non-hydrogen) atoms. The van der Waals surface area contributed by atoms with Crippen molar-refractivity contribution >= 4 is 11.9 Å². The fraction of sp³-hybridized carbons (Fsp3) is 0.381. The molecule has 0 heterocycles. The van der Waals surface area contributed by atoms with Crippen molar-refractivity contribution in [1.82, 2.24) is 0 Å². The van der Waals surface area contributed by atoms with Crippen molar-refractivity contribution in [3.8, 4) is 0 Å². The van der Waals surface area contributed by atoms with E-state index in [1.165, 1.54) is 0 Å². The molecule has 0 aliphatic heterocycles. The second-order valence-electron chi connectivity index (χ2n) is 15.2. The van der Waals surface area contributed by atoms with Gasteiger partial charge in [-0.05, 0) is 89.2 Å². The third-order valence-electron chi connectivity index (χ3n) is 9.98. The number of carbonyl (C=O) groups is 2. The van der Waals surface area contributed by atoms with Crippen LogP contribution in [0.15, 0.2) is 97.1 Å². The molecule has 5 rings (SSSR count). The van der Waals surface area contributed by atoms with Crippen molar-refractivity contribution in [3.63, 3.8) is 0 Å². The van der Waals surface area contributed by atoms with Crippen LogP contribution >= 0.6 is 0 Å². The molecule has 0 bridgehead atoms. The first-order valence-electron chi connectivity index (χ1n) is 16.4. The Kier molecular flexibility index (Phi) is 9.02. The Balaban J connectivity index is 1.67. The molecular weight excluding hydrogens is 584 g/mol. The number of hydrogen-bond donors (Lipinski definition) is 0. The van der Waals surface area contributed by atoms with Crippen LogP contribution < -0.4 is 0 Å². The summed E-state index contributed by atoms with van der Waals surface area (Å²) in [4.78, 5) is 28.1. The molecular formula is C42H48O5. The molecule has 4 aromatic carbocycles. The molecule has 0 N–H and O–H groups in total. The Hall–Kier alpha value is -4.22. The smallest absolute Gasteiger partial charge is 0.338 e. The molecule has 0 spiro atoms. The summed E-state index contributed by atoms with van der Waals surface area (Å²) < 4.78 is 19.4. The van der Waals surface area contributed by atoms with Gasteiger partial charge in [-0.1, -0.05) is 114 Å². The molecule has 1 aliphatic rings. The van der Waals surface area contributed by atoms with Crippen LogP contribution in [0, 0.1) is 6.92 Å². The summed E-state index contributed by atoms with van der Waals surface area (Å²) in [7, 11) is 1.61. The van der Waals surface area contributed by atoms with Crippen molar-refractivity contribution in [2.75, 3.05) is 7.11 Å². The van der Waals surface area contributed by atoms with E-state index in [2.05, 4.69) is 73.6 Å². The SMILES string of the molecule is CO[C@]1(C)c2ccccc2[C@@](C)(c2ccccc2C)C(OC(=O)c2ccc(C(C)(C)C)cc2)C1OC(=O)c1ccc(C(C)(C)C)cc1. The highest BCUT2D eigenvalue weighted by molar-refractivity contribution is 5.91. The first kappa shape index (κ1) is 34.1. The van der Waals surface area contributed by atoms with E-state index in [-0.39, 0.29) is 10.8 Å². The summed E-state index contributed by atoms with van der Waals surface area (Å²) in [6, 6.07) is 31.1. The van der Waals surface area contributed by atoms with E-state index in [9.17, 15) is 9.59 Å². The molecule has 4 aromatic rings. The highest BCUT2D eigenvalue weighted by Crippen LogP contribution is 2.53. The number of esters is 2. The van der Waals surface area contributed by atoms with E-state index in [1.54, 1.807) is 31.4 Å². The van der Waals surface area contributed by atoms with Gasteiger partial charge in [-0.3, -0.25) is 0 Å². The third-order valence-corrected chi connectivity index (χ3v) is 9.98. The van der Waals surface area contributed by atoms with E-state index in [0.717, 1.165) is 33.4 Å². The number of carbonyl (C=O) groups excluding carboxylic acids is 2. The second kappa shape index (κ2) is 12.4. The minimum atomic E-state index is -1.14. The minimum Gasteiger partial charge on any atom is -0.453 e. The van der Waals surface area contributed by atoms with Gasteiger partial charge in [0, 0.05) is 7.11 Å². The van der Waals surface area contributed by atoms with Crippen LogP contribution in [-0.4, -0.2) is 31.3 Å². The maximum absolute atomic E-state index is 14.1. The van der Waals surface area contributed by atoms with E-state index in [0.29, 0.717) is 11.1 Å². The number of rotatable bonds is 6. The van der Waals surface area contributed by atoms with Crippen LogP contribution in [0.5, 0.6) is 0 Å². The van der Waals surface area contributed by atoms with Crippen LogP contribution in [0.3, 0.4) is 0 Å². The molecule has 0 saturated carbocycles. The highest BCUT2D eigenvalue weighted by Gasteiger charge is 2.60. The molecule has 4 atom stereocenters. The predicted octanol–water partition coefficient (Wildman–Crippen LogP) is 9.22. The van der Waals surface area contributed by atoms with Crippen LogP contribution in [0.25, 0.3) is 0 Å². The van der Waals surface area contributed by atoms with E-state index >= 15 is 0 Å². The van der Waals surface area contributed by atoms with Gasteiger partial charge < -0.3 is 14.2 Å². The van der Waals surface area contributed by atoms with Crippen LogP contribution in [0.1, 0.15) is 109 Å². The van der Waals surface area contributed by atoms with Crippen LogP contribution in [-0.2, 0) is 36.1 Å². The quantitative estimate of drug-likeness (QED) is 0.198. The zero-order valence-corrected chi connectivity index (χ0v) is 29.4. The third kappa shape index (κ3) is 6.26. The minimum absolute atomic E-state index is 0.0656. The first-order chi connectivity index (χ1) is 22.0. The van der Waals surface area contributed by atoms with E-state index in [1.807, 2.05) is 61.5 Å². The lowest BCUT2D eigenvalue weighted by Crippen LogP contribution is -2.62. The number of methoxy groups -OCH3 is 1. The fourth-order valence-corrected chi connectivity index (χ4v) is 6.88. The average Bonchev–Trinajstić information content (AvgIpc) is 3.04. The number of ether oxygens (including phenoxy) is 3. The zero-order chi connectivity index (χ0) is 34.4. The molecule has 0 amide bonds. The van der Waals surface area contributed by atoms with Gasteiger partial charge in [-0.15, -0.1) is 0 Å². The van der Waals surface area contributed by atoms with Gasteiger partial charge in [0.2, 0.25) is 0 Å². The fourth-order valence-electron chi connectivity index (χ4n) is 6.88. The van der Waals surface area contributed by atoms with Gasteiger partial charge in [0.25, 0.3) is 0 Å².